The van der Waals surface area contributed by atoms with E-state index < -0.39 is 23.7 Å². The molecule has 166 valence electrons. The molecule has 0 aliphatic heterocycles. The molecule has 0 spiro atoms. The molecule has 8 heteroatoms. The van der Waals surface area contributed by atoms with Gasteiger partial charge in [0.05, 0.1) is 12.1 Å². The van der Waals surface area contributed by atoms with Gasteiger partial charge in [-0.15, -0.1) is 0 Å². The van der Waals surface area contributed by atoms with Crippen LogP contribution in [-0.4, -0.2) is 41.8 Å². The first kappa shape index (κ1) is 24.0. The van der Waals surface area contributed by atoms with E-state index in [2.05, 4.69) is 10.6 Å². The second-order valence-corrected chi connectivity index (χ2v) is 7.43. The molecule has 0 saturated heterocycles. The Hall–Kier alpha value is -3.29. The first-order chi connectivity index (χ1) is 14.7. The molecular formula is C23H27F2N3O3. The maximum Gasteiger partial charge on any atom is 0.254 e. The van der Waals surface area contributed by atoms with Gasteiger partial charge in [0.15, 0.2) is 0 Å². The molecule has 0 fully saturated rings. The molecule has 0 aliphatic carbocycles. The lowest BCUT2D eigenvalue weighted by Gasteiger charge is -2.28. The lowest BCUT2D eigenvalue weighted by Crippen LogP contribution is -2.53. The first-order valence-corrected chi connectivity index (χ1v) is 10.1. The molecule has 0 heterocycles. The summed E-state index contributed by atoms with van der Waals surface area (Å²) >= 11 is 0. The van der Waals surface area contributed by atoms with Gasteiger partial charge in [0.1, 0.15) is 17.7 Å². The van der Waals surface area contributed by atoms with Crippen molar-refractivity contribution in [1.82, 2.24) is 15.5 Å². The maximum absolute atomic E-state index is 13.9. The normalized spacial score (nSPS) is 11.7. The first-order valence-electron chi connectivity index (χ1n) is 10.1. The van der Waals surface area contributed by atoms with Crippen LogP contribution in [0.3, 0.4) is 0 Å². The fraction of sp³-hybridized carbons (Fsp3) is 0.348. The molecule has 0 aromatic heterocycles. The van der Waals surface area contributed by atoms with E-state index in [0.717, 1.165) is 5.56 Å². The highest BCUT2D eigenvalue weighted by Crippen LogP contribution is 2.11. The summed E-state index contributed by atoms with van der Waals surface area (Å²) in [6.07, 6.45) is 0. The van der Waals surface area contributed by atoms with Gasteiger partial charge in [-0.3, -0.25) is 14.4 Å². The van der Waals surface area contributed by atoms with Gasteiger partial charge in [-0.1, -0.05) is 38.1 Å². The summed E-state index contributed by atoms with van der Waals surface area (Å²) in [6.45, 7) is 5.49. The summed E-state index contributed by atoms with van der Waals surface area (Å²) in [7, 11) is 0. The summed E-state index contributed by atoms with van der Waals surface area (Å²) in [5.41, 5.74) is 0.572. The molecule has 0 saturated carbocycles. The third kappa shape index (κ3) is 6.87. The number of nitrogens with one attached hydrogen (secondary N) is 2. The standard InChI is InChI=1S/C23H27F2N3O3/c1-4-28(14-20(29)26-13-16-9-11-17(24)12-10-16)23(31)21(15(2)3)27-22(30)18-7-5-6-8-19(18)25/h5-12,15,21H,4,13-14H2,1-3H3,(H,26,29)(H,27,30). The van der Waals surface area contributed by atoms with Crippen molar-refractivity contribution in [1.29, 1.82) is 0 Å². The van der Waals surface area contributed by atoms with Crippen LogP contribution in [0.1, 0.15) is 36.7 Å². The van der Waals surface area contributed by atoms with Crippen molar-refractivity contribution in [3.63, 3.8) is 0 Å². The molecule has 3 amide bonds. The second kappa shape index (κ2) is 11.2. The average molecular weight is 431 g/mol. The van der Waals surface area contributed by atoms with E-state index in [-0.39, 0.29) is 42.8 Å². The average Bonchev–Trinajstić information content (AvgIpc) is 2.74. The summed E-state index contributed by atoms with van der Waals surface area (Å²) in [4.78, 5) is 39.1. The van der Waals surface area contributed by atoms with Crippen LogP contribution in [0.5, 0.6) is 0 Å². The summed E-state index contributed by atoms with van der Waals surface area (Å²) < 4.78 is 26.9. The molecule has 2 aromatic rings. The van der Waals surface area contributed by atoms with Crippen molar-refractivity contribution in [3.05, 3.63) is 71.3 Å². The summed E-state index contributed by atoms with van der Waals surface area (Å²) in [5, 5.41) is 5.28. The highest BCUT2D eigenvalue weighted by atomic mass is 19.1. The number of rotatable bonds is 9. The van der Waals surface area contributed by atoms with Gasteiger partial charge in [0, 0.05) is 13.1 Å². The van der Waals surface area contributed by atoms with Crippen LogP contribution in [0.4, 0.5) is 8.78 Å². The molecule has 2 N–H and O–H groups in total. The number of halogens is 2. The van der Waals surface area contributed by atoms with Crippen molar-refractivity contribution < 1.29 is 23.2 Å². The number of benzene rings is 2. The van der Waals surface area contributed by atoms with Gasteiger partial charge in [0.25, 0.3) is 5.91 Å². The van der Waals surface area contributed by atoms with Crippen LogP contribution in [0.2, 0.25) is 0 Å². The summed E-state index contributed by atoms with van der Waals surface area (Å²) in [6, 6.07) is 10.3. The highest BCUT2D eigenvalue weighted by molar-refractivity contribution is 5.98. The molecule has 2 rings (SSSR count). The van der Waals surface area contributed by atoms with Gasteiger partial charge >= 0.3 is 0 Å². The topological polar surface area (TPSA) is 78.5 Å². The van der Waals surface area contributed by atoms with Crippen molar-refractivity contribution in [2.24, 2.45) is 5.92 Å². The molecule has 1 atom stereocenters. The van der Waals surface area contributed by atoms with Gasteiger partial charge in [0.2, 0.25) is 11.8 Å². The Morgan fingerprint density at radius 2 is 1.65 bits per heavy atom. The zero-order valence-corrected chi connectivity index (χ0v) is 17.8. The second-order valence-electron chi connectivity index (χ2n) is 7.43. The Morgan fingerprint density at radius 3 is 2.23 bits per heavy atom. The molecular weight excluding hydrogens is 404 g/mol. The number of carbonyl (C=O) groups is 3. The molecule has 0 radical (unpaired) electrons. The number of likely N-dealkylation sites (N-methyl/N-ethyl adjacent to an activating group) is 1. The van der Waals surface area contributed by atoms with Gasteiger partial charge < -0.3 is 15.5 Å². The summed E-state index contributed by atoms with van der Waals surface area (Å²) in [5.74, 6) is -2.83. The van der Waals surface area contributed by atoms with E-state index in [1.165, 1.54) is 41.3 Å². The lowest BCUT2D eigenvalue weighted by molar-refractivity contribution is -0.138. The van der Waals surface area contributed by atoms with E-state index in [1.54, 1.807) is 32.9 Å². The minimum atomic E-state index is -0.919. The Kier molecular flexibility index (Phi) is 8.66. The van der Waals surface area contributed by atoms with Crippen LogP contribution in [0, 0.1) is 17.6 Å². The zero-order chi connectivity index (χ0) is 23.0. The van der Waals surface area contributed by atoms with E-state index in [9.17, 15) is 23.2 Å². The Balaban J connectivity index is 2.01. The number of hydrogen-bond donors (Lipinski definition) is 2. The van der Waals surface area contributed by atoms with Crippen molar-refractivity contribution >= 4 is 17.7 Å². The monoisotopic (exact) mass is 431 g/mol. The fourth-order valence-electron chi connectivity index (χ4n) is 2.95. The Morgan fingerprint density at radius 1 is 1.00 bits per heavy atom. The van der Waals surface area contributed by atoms with E-state index in [1.807, 2.05) is 0 Å². The minimum Gasteiger partial charge on any atom is -0.350 e. The molecule has 6 nitrogen and oxygen atoms in total. The number of nitrogens with zero attached hydrogens (tertiary/aromatic N) is 1. The fourth-order valence-corrected chi connectivity index (χ4v) is 2.95. The number of hydrogen-bond acceptors (Lipinski definition) is 3. The van der Waals surface area contributed by atoms with Crippen LogP contribution >= 0.6 is 0 Å². The molecule has 1 unspecified atom stereocenters. The molecule has 2 aromatic carbocycles. The largest absolute Gasteiger partial charge is 0.350 e. The van der Waals surface area contributed by atoms with Crippen molar-refractivity contribution in [2.75, 3.05) is 13.1 Å². The molecule has 0 bridgehead atoms. The highest BCUT2D eigenvalue weighted by Gasteiger charge is 2.29. The van der Waals surface area contributed by atoms with E-state index >= 15 is 0 Å². The van der Waals surface area contributed by atoms with Crippen LogP contribution < -0.4 is 10.6 Å². The third-order valence-electron chi connectivity index (χ3n) is 4.77. The predicted octanol–water partition coefficient (Wildman–Crippen LogP) is 2.88. The van der Waals surface area contributed by atoms with Crippen molar-refractivity contribution in [2.45, 2.75) is 33.4 Å². The van der Waals surface area contributed by atoms with Gasteiger partial charge in [-0.25, -0.2) is 8.78 Å². The zero-order valence-electron chi connectivity index (χ0n) is 17.8. The Labute approximate surface area is 180 Å². The Bertz CT molecular complexity index is 917. The van der Waals surface area contributed by atoms with Crippen LogP contribution in [-0.2, 0) is 16.1 Å². The SMILES string of the molecule is CCN(CC(=O)NCc1ccc(F)cc1)C(=O)C(NC(=O)c1ccccc1F)C(C)C. The molecule has 31 heavy (non-hydrogen) atoms. The van der Waals surface area contributed by atoms with Crippen LogP contribution in [0.25, 0.3) is 0 Å². The van der Waals surface area contributed by atoms with E-state index in [0.29, 0.717) is 0 Å². The van der Waals surface area contributed by atoms with Crippen molar-refractivity contribution in [3.8, 4) is 0 Å². The third-order valence-corrected chi connectivity index (χ3v) is 4.77. The predicted molar refractivity (Wildman–Crippen MR) is 113 cm³/mol. The van der Waals surface area contributed by atoms with E-state index in [4.69, 9.17) is 0 Å². The number of amides is 3. The minimum absolute atomic E-state index is 0.152. The van der Waals surface area contributed by atoms with Gasteiger partial charge in [-0.2, -0.15) is 0 Å². The quantitative estimate of drug-likeness (QED) is 0.641. The lowest BCUT2D eigenvalue weighted by atomic mass is 10.0. The van der Waals surface area contributed by atoms with Gasteiger partial charge in [-0.05, 0) is 42.7 Å². The maximum atomic E-state index is 13.9. The molecule has 0 aliphatic rings. The smallest absolute Gasteiger partial charge is 0.254 e. The van der Waals surface area contributed by atoms with Crippen LogP contribution in [0.15, 0.2) is 48.5 Å². The number of carbonyl (C=O) groups excluding carboxylic acids is 3.